The highest BCUT2D eigenvalue weighted by atomic mass is 16.3. The van der Waals surface area contributed by atoms with Gasteiger partial charge in [-0.1, -0.05) is 61.0 Å². The maximum Gasteiger partial charge on any atom is 0.0837 e. The van der Waals surface area contributed by atoms with Gasteiger partial charge < -0.3 is 10.4 Å². The van der Waals surface area contributed by atoms with Crippen molar-refractivity contribution in [2.45, 2.75) is 38.8 Å². The van der Waals surface area contributed by atoms with Crippen molar-refractivity contribution in [2.24, 2.45) is 5.92 Å². The summed E-state index contributed by atoms with van der Waals surface area (Å²) in [6.07, 6.45) is 1.87. The SMILES string of the molecule is Cc1ccc2c(c1)C(NCCCc1ccccc1)C(C)C2O. The molecule has 0 saturated heterocycles. The predicted octanol–water partition coefficient (Wildman–Crippen LogP) is 3.94. The zero-order chi connectivity index (χ0) is 15.5. The molecule has 116 valence electrons. The van der Waals surface area contributed by atoms with Crippen molar-refractivity contribution in [3.8, 4) is 0 Å². The van der Waals surface area contributed by atoms with Gasteiger partial charge in [-0.3, -0.25) is 0 Å². The average molecular weight is 295 g/mol. The maximum absolute atomic E-state index is 10.4. The highest BCUT2D eigenvalue weighted by Crippen LogP contribution is 2.43. The molecule has 22 heavy (non-hydrogen) atoms. The van der Waals surface area contributed by atoms with Crippen LogP contribution in [0.15, 0.2) is 48.5 Å². The minimum Gasteiger partial charge on any atom is -0.388 e. The van der Waals surface area contributed by atoms with Crippen molar-refractivity contribution in [3.05, 3.63) is 70.8 Å². The van der Waals surface area contributed by atoms with E-state index in [-0.39, 0.29) is 18.1 Å². The van der Waals surface area contributed by atoms with Crippen LogP contribution in [-0.4, -0.2) is 11.7 Å². The number of aliphatic hydroxyl groups is 1. The molecule has 0 bridgehead atoms. The monoisotopic (exact) mass is 295 g/mol. The van der Waals surface area contributed by atoms with Gasteiger partial charge in [-0.25, -0.2) is 0 Å². The third-order valence-electron chi connectivity index (χ3n) is 4.77. The fourth-order valence-electron chi connectivity index (χ4n) is 3.47. The van der Waals surface area contributed by atoms with Crippen molar-refractivity contribution in [1.82, 2.24) is 5.32 Å². The Hall–Kier alpha value is -1.64. The van der Waals surface area contributed by atoms with Crippen LogP contribution in [0, 0.1) is 12.8 Å². The number of rotatable bonds is 5. The number of aryl methyl sites for hydroxylation is 2. The van der Waals surface area contributed by atoms with Gasteiger partial charge in [0, 0.05) is 12.0 Å². The molecule has 2 heteroatoms. The van der Waals surface area contributed by atoms with E-state index >= 15 is 0 Å². The summed E-state index contributed by atoms with van der Waals surface area (Å²) >= 11 is 0. The Balaban J connectivity index is 1.60. The zero-order valence-corrected chi connectivity index (χ0v) is 13.4. The molecule has 0 spiro atoms. The van der Waals surface area contributed by atoms with E-state index in [9.17, 15) is 5.11 Å². The van der Waals surface area contributed by atoms with E-state index in [4.69, 9.17) is 0 Å². The molecule has 0 aromatic heterocycles. The number of aliphatic hydroxyl groups excluding tert-OH is 1. The Bertz CT molecular complexity index is 623. The van der Waals surface area contributed by atoms with Crippen LogP contribution in [0.25, 0.3) is 0 Å². The minimum absolute atomic E-state index is 0.230. The first-order valence-corrected chi connectivity index (χ1v) is 8.22. The van der Waals surface area contributed by atoms with E-state index < -0.39 is 0 Å². The van der Waals surface area contributed by atoms with E-state index in [1.54, 1.807) is 0 Å². The second-order valence-corrected chi connectivity index (χ2v) is 6.46. The lowest BCUT2D eigenvalue weighted by Gasteiger charge is -2.20. The van der Waals surface area contributed by atoms with E-state index in [2.05, 4.69) is 67.7 Å². The largest absolute Gasteiger partial charge is 0.388 e. The molecule has 0 radical (unpaired) electrons. The van der Waals surface area contributed by atoms with Crippen molar-refractivity contribution < 1.29 is 5.11 Å². The van der Waals surface area contributed by atoms with Crippen LogP contribution in [0.3, 0.4) is 0 Å². The highest BCUT2D eigenvalue weighted by Gasteiger charge is 2.36. The van der Waals surface area contributed by atoms with E-state index in [0.717, 1.165) is 24.9 Å². The second kappa shape index (κ2) is 6.64. The summed E-state index contributed by atoms with van der Waals surface area (Å²) in [5.74, 6) is 0.230. The molecule has 1 aliphatic rings. The molecule has 2 aromatic carbocycles. The van der Waals surface area contributed by atoms with E-state index in [1.165, 1.54) is 16.7 Å². The molecule has 3 rings (SSSR count). The van der Waals surface area contributed by atoms with Gasteiger partial charge in [0.2, 0.25) is 0 Å². The van der Waals surface area contributed by atoms with Gasteiger partial charge in [0.15, 0.2) is 0 Å². The van der Waals surface area contributed by atoms with Crippen LogP contribution in [-0.2, 0) is 6.42 Å². The summed E-state index contributed by atoms with van der Waals surface area (Å²) in [6.45, 7) is 5.22. The van der Waals surface area contributed by atoms with Crippen molar-refractivity contribution in [2.75, 3.05) is 6.54 Å². The molecule has 2 aromatic rings. The lowest BCUT2D eigenvalue weighted by molar-refractivity contribution is 0.114. The Labute approximate surface area is 133 Å². The van der Waals surface area contributed by atoms with Gasteiger partial charge in [0.25, 0.3) is 0 Å². The molecule has 1 aliphatic carbocycles. The maximum atomic E-state index is 10.4. The zero-order valence-electron chi connectivity index (χ0n) is 13.4. The number of fused-ring (bicyclic) bond motifs is 1. The van der Waals surface area contributed by atoms with Crippen LogP contribution >= 0.6 is 0 Å². The van der Waals surface area contributed by atoms with Gasteiger partial charge in [0.1, 0.15) is 0 Å². The first-order valence-electron chi connectivity index (χ1n) is 8.22. The molecule has 0 fully saturated rings. The lowest BCUT2D eigenvalue weighted by atomic mass is 10.0. The van der Waals surface area contributed by atoms with Crippen LogP contribution in [0.4, 0.5) is 0 Å². The summed E-state index contributed by atoms with van der Waals surface area (Å²) in [7, 11) is 0. The van der Waals surface area contributed by atoms with Gasteiger partial charge >= 0.3 is 0 Å². The Kier molecular flexibility index (Phi) is 4.60. The number of hydrogen-bond acceptors (Lipinski definition) is 2. The molecule has 0 saturated carbocycles. The summed E-state index contributed by atoms with van der Waals surface area (Å²) in [4.78, 5) is 0. The predicted molar refractivity (Wildman–Crippen MR) is 90.8 cm³/mol. The first kappa shape index (κ1) is 15.3. The molecular weight excluding hydrogens is 270 g/mol. The Morgan fingerprint density at radius 3 is 2.59 bits per heavy atom. The summed E-state index contributed by atoms with van der Waals surface area (Å²) in [5, 5.41) is 14.1. The highest BCUT2D eigenvalue weighted by molar-refractivity contribution is 5.40. The van der Waals surface area contributed by atoms with Crippen LogP contribution in [0.5, 0.6) is 0 Å². The third kappa shape index (κ3) is 3.08. The standard InChI is InChI=1S/C20H25NO/c1-14-10-11-17-18(13-14)19(15(2)20(17)22)21-12-6-9-16-7-4-3-5-8-16/h3-5,7-8,10-11,13,15,19-22H,6,9,12H2,1-2H3. The molecule has 0 heterocycles. The molecule has 3 unspecified atom stereocenters. The number of benzene rings is 2. The van der Waals surface area contributed by atoms with Gasteiger partial charge in [0.05, 0.1) is 6.10 Å². The fourth-order valence-corrected chi connectivity index (χ4v) is 3.47. The topological polar surface area (TPSA) is 32.3 Å². The molecule has 0 aliphatic heterocycles. The van der Waals surface area contributed by atoms with Crippen LogP contribution in [0.2, 0.25) is 0 Å². The summed E-state index contributed by atoms with van der Waals surface area (Å²) < 4.78 is 0. The van der Waals surface area contributed by atoms with E-state index in [0.29, 0.717) is 0 Å². The molecule has 0 amide bonds. The normalized spacial score (nSPS) is 23.5. The van der Waals surface area contributed by atoms with E-state index in [1.807, 2.05) is 0 Å². The van der Waals surface area contributed by atoms with Crippen LogP contribution < -0.4 is 5.32 Å². The minimum atomic E-state index is -0.345. The fraction of sp³-hybridized carbons (Fsp3) is 0.400. The van der Waals surface area contributed by atoms with Crippen LogP contribution in [0.1, 0.15) is 47.7 Å². The summed E-state index contributed by atoms with van der Waals surface area (Å²) in [6, 6.07) is 17.3. The van der Waals surface area contributed by atoms with Crippen molar-refractivity contribution in [3.63, 3.8) is 0 Å². The molecular formula is C20H25NO. The average Bonchev–Trinajstić information content (AvgIpc) is 2.76. The smallest absolute Gasteiger partial charge is 0.0837 e. The molecule has 2 nitrogen and oxygen atoms in total. The van der Waals surface area contributed by atoms with Crippen molar-refractivity contribution in [1.29, 1.82) is 0 Å². The Morgan fingerprint density at radius 1 is 1.05 bits per heavy atom. The third-order valence-corrected chi connectivity index (χ3v) is 4.77. The van der Waals surface area contributed by atoms with Gasteiger partial charge in [-0.15, -0.1) is 0 Å². The second-order valence-electron chi connectivity index (χ2n) is 6.46. The summed E-state index contributed by atoms with van der Waals surface area (Å²) in [5.41, 5.74) is 5.02. The Morgan fingerprint density at radius 2 is 1.82 bits per heavy atom. The quantitative estimate of drug-likeness (QED) is 0.819. The number of nitrogens with one attached hydrogen (secondary N) is 1. The first-order chi connectivity index (χ1) is 10.7. The van der Waals surface area contributed by atoms with Gasteiger partial charge in [-0.2, -0.15) is 0 Å². The number of hydrogen-bond donors (Lipinski definition) is 2. The molecule has 3 atom stereocenters. The molecule has 2 N–H and O–H groups in total. The van der Waals surface area contributed by atoms with Crippen molar-refractivity contribution >= 4 is 0 Å². The lowest BCUT2D eigenvalue weighted by Crippen LogP contribution is -2.26. The van der Waals surface area contributed by atoms with Gasteiger partial charge in [-0.05, 0) is 43.0 Å².